The number of rotatable bonds is 7. The van der Waals surface area contributed by atoms with Crippen molar-refractivity contribution in [3.05, 3.63) is 47.8 Å². The molecule has 0 saturated carbocycles. The summed E-state index contributed by atoms with van der Waals surface area (Å²) in [6, 6.07) is 8.68. The number of amides is 2. The predicted molar refractivity (Wildman–Crippen MR) is 111 cm³/mol. The minimum atomic E-state index is -0.549. The lowest BCUT2D eigenvalue weighted by molar-refractivity contribution is -0.119. The molecule has 29 heavy (non-hydrogen) atoms. The second-order valence-corrected chi connectivity index (χ2v) is 7.40. The van der Waals surface area contributed by atoms with Gasteiger partial charge < -0.3 is 15.8 Å². The topological polar surface area (TPSA) is 112 Å². The Balaban J connectivity index is 1.89. The highest BCUT2D eigenvalue weighted by atomic mass is 16.5. The van der Waals surface area contributed by atoms with Gasteiger partial charge in [0.1, 0.15) is 5.75 Å². The van der Waals surface area contributed by atoms with E-state index in [9.17, 15) is 9.59 Å². The summed E-state index contributed by atoms with van der Waals surface area (Å²) >= 11 is 0. The minimum Gasteiger partial charge on any atom is -0.484 e. The molecule has 0 aliphatic heterocycles. The molecular formula is C21H25N5O3. The monoisotopic (exact) mass is 395 g/mol. The van der Waals surface area contributed by atoms with E-state index in [-0.39, 0.29) is 24.5 Å². The van der Waals surface area contributed by atoms with E-state index >= 15 is 0 Å². The molecular weight excluding hydrogens is 370 g/mol. The van der Waals surface area contributed by atoms with Crippen LogP contribution in [0.5, 0.6) is 5.75 Å². The van der Waals surface area contributed by atoms with Crippen molar-refractivity contribution in [3.63, 3.8) is 0 Å². The van der Waals surface area contributed by atoms with Crippen LogP contribution in [0, 0.1) is 0 Å². The number of hydrogen-bond donors (Lipinski definition) is 2. The van der Waals surface area contributed by atoms with Crippen LogP contribution >= 0.6 is 0 Å². The number of anilines is 1. The first-order valence-electron chi connectivity index (χ1n) is 9.47. The van der Waals surface area contributed by atoms with E-state index in [1.54, 1.807) is 30.5 Å². The fourth-order valence-corrected chi connectivity index (χ4v) is 2.89. The molecule has 3 aromatic rings. The van der Waals surface area contributed by atoms with Crippen molar-refractivity contribution in [3.8, 4) is 5.75 Å². The van der Waals surface area contributed by atoms with Crippen molar-refractivity contribution in [2.45, 2.75) is 39.7 Å². The van der Waals surface area contributed by atoms with Crippen LogP contribution in [0.4, 0.5) is 5.69 Å². The Morgan fingerprint density at radius 1 is 1.17 bits per heavy atom. The summed E-state index contributed by atoms with van der Waals surface area (Å²) in [4.78, 5) is 28.5. The van der Waals surface area contributed by atoms with Crippen molar-refractivity contribution >= 4 is 28.5 Å². The molecule has 3 N–H and O–H groups in total. The number of ether oxygens (including phenoxy) is 1. The van der Waals surface area contributed by atoms with Crippen LogP contribution < -0.4 is 15.8 Å². The molecule has 0 bridgehead atoms. The molecule has 0 radical (unpaired) electrons. The summed E-state index contributed by atoms with van der Waals surface area (Å²) in [7, 11) is 0. The van der Waals surface area contributed by atoms with E-state index in [2.05, 4.69) is 10.4 Å². The van der Waals surface area contributed by atoms with Gasteiger partial charge in [-0.1, -0.05) is 13.8 Å². The lowest BCUT2D eigenvalue weighted by Gasteiger charge is -2.12. The number of carbonyl (C=O) groups is 2. The summed E-state index contributed by atoms with van der Waals surface area (Å²) in [5.41, 5.74) is 7.73. The number of pyridine rings is 1. The maximum atomic E-state index is 13.0. The second-order valence-electron chi connectivity index (χ2n) is 7.40. The number of carbonyl (C=O) groups excluding carboxylic acids is 2. The number of fused-ring (bicyclic) bond motifs is 1. The van der Waals surface area contributed by atoms with Crippen LogP contribution in [0.25, 0.3) is 11.0 Å². The number of primary amides is 1. The van der Waals surface area contributed by atoms with E-state index in [4.69, 9.17) is 15.5 Å². The molecule has 0 atom stereocenters. The first-order valence-corrected chi connectivity index (χ1v) is 9.47. The van der Waals surface area contributed by atoms with Crippen molar-refractivity contribution in [1.82, 2.24) is 14.8 Å². The molecule has 3 rings (SSSR count). The molecule has 0 aliphatic rings. The second kappa shape index (κ2) is 8.30. The Kier molecular flexibility index (Phi) is 5.81. The molecule has 0 fully saturated rings. The highest BCUT2D eigenvalue weighted by Crippen LogP contribution is 2.25. The third kappa shape index (κ3) is 4.53. The van der Waals surface area contributed by atoms with E-state index in [0.29, 0.717) is 28.0 Å². The van der Waals surface area contributed by atoms with Gasteiger partial charge in [0.2, 0.25) is 0 Å². The quantitative estimate of drug-likeness (QED) is 0.638. The predicted octanol–water partition coefficient (Wildman–Crippen LogP) is 3.25. The smallest absolute Gasteiger partial charge is 0.256 e. The molecule has 0 aliphatic carbocycles. The fraction of sp³-hybridized carbons (Fsp3) is 0.333. The largest absolute Gasteiger partial charge is 0.484 e. The van der Waals surface area contributed by atoms with Gasteiger partial charge in [0.05, 0.1) is 17.1 Å². The number of nitrogens with one attached hydrogen (secondary N) is 1. The lowest BCUT2D eigenvalue weighted by Crippen LogP contribution is -2.20. The van der Waals surface area contributed by atoms with Crippen molar-refractivity contribution in [2.75, 3.05) is 11.9 Å². The van der Waals surface area contributed by atoms with Gasteiger partial charge in [0.15, 0.2) is 12.3 Å². The molecule has 0 unspecified atom stereocenters. The molecule has 0 saturated heterocycles. The average Bonchev–Trinajstić information content (AvgIpc) is 3.10. The zero-order chi connectivity index (χ0) is 21.1. The lowest BCUT2D eigenvalue weighted by atomic mass is 10.0. The summed E-state index contributed by atoms with van der Waals surface area (Å²) < 4.78 is 7.05. The SMILES string of the molecule is CC(C)c1cc(C(=O)Nc2ccc(OCC(N)=O)cc2)c2cnn(C(C)C)c2n1. The molecule has 8 heteroatoms. The zero-order valence-electron chi connectivity index (χ0n) is 17.0. The van der Waals surface area contributed by atoms with Gasteiger partial charge in [-0.2, -0.15) is 5.10 Å². The van der Waals surface area contributed by atoms with Gasteiger partial charge in [-0.05, 0) is 50.1 Å². The standard InChI is InChI=1S/C21H25N5O3/c1-12(2)18-9-16(17-10-23-26(13(3)4)20(17)25-18)21(28)24-14-5-7-15(8-6-14)29-11-19(22)27/h5-10,12-13H,11H2,1-4H3,(H2,22,27)(H,24,28). The number of aromatic nitrogens is 3. The number of nitrogens with two attached hydrogens (primary N) is 1. The Bertz CT molecular complexity index is 1040. The molecule has 8 nitrogen and oxygen atoms in total. The van der Waals surface area contributed by atoms with E-state index in [1.165, 1.54) is 0 Å². The van der Waals surface area contributed by atoms with Gasteiger partial charge in [0, 0.05) is 17.4 Å². The Morgan fingerprint density at radius 2 is 1.86 bits per heavy atom. The first-order chi connectivity index (χ1) is 13.8. The summed E-state index contributed by atoms with van der Waals surface area (Å²) in [5, 5.41) is 8.02. The van der Waals surface area contributed by atoms with Crippen LogP contribution in [-0.4, -0.2) is 33.2 Å². The Hall–Kier alpha value is -3.42. The highest BCUT2D eigenvalue weighted by Gasteiger charge is 2.19. The number of hydrogen-bond acceptors (Lipinski definition) is 5. The van der Waals surface area contributed by atoms with Crippen LogP contribution in [0.15, 0.2) is 36.5 Å². The maximum absolute atomic E-state index is 13.0. The Morgan fingerprint density at radius 3 is 2.45 bits per heavy atom. The summed E-state index contributed by atoms with van der Waals surface area (Å²) in [5.74, 6) is -0.128. The van der Waals surface area contributed by atoms with Gasteiger partial charge >= 0.3 is 0 Å². The molecule has 2 aromatic heterocycles. The maximum Gasteiger partial charge on any atom is 0.256 e. The number of benzene rings is 1. The van der Waals surface area contributed by atoms with E-state index < -0.39 is 5.91 Å². The van der Waals surface area contributed by atoms with Crippen molar-refractivity contribution in [2.24, 2.45) is 5.73 Å². The Labute approximate surface area is 169 Å². The third-order valence-electron chi connectivity index (χ3n) is 4.41. The van der Waals surface area contributed by atoms with Gasteiger partial charge in [-0.3, -0.25) is 9.59 Å². The third-order valence-corrected chi connectivity index (χ3v) is 4.41. The van der Waals surface area contributed by atoms with Crippen molar-refractivity contribution in [1.29, 1.82) is 0 Å². The van der Waals surface area contributed by atoms with E-state index in [0.717, 1.165) is 5.69 Å². The summed E-state index contributed by atoms with van der Waals surface area (Å²) in [6.07, 6.45) is 1.68. The van der Waals surface area contributed by atoms with Crippen molar-refractivity contribution < 1.29 is 14.3 Å². The summed E-state index contributed by atoms with van der Waals surface area (Å²) in [6.45, 7) is 7.93. The van der Waals surface area contributed by atoms with Gasteiger partial charge in [0.25, 0.3) is 11.8 Å². The first kappa shape index (κ1) is 20.3. The molecule has 152 valence electrons. The van der Waals surface area contributed by atoms with Crippen LogP contribution in [0.2, 0.25) is 0 Å². The highest BCUT2D eigenvalue weighted by molar-refractivity contribution is 6.12. The minimum absolute atomic E-state index is 0.131. The normalized spacial score (nSPS) is 11.2. The van der Waals surface area contributed by atoms with Crippen LogP contribution in [0.1, 0.15) is 55.7 Å². The average molecular weight is 395 g/mol. The number of nitrogens with zero attached hydrogens (tertiary/aromatic N) is 3. The van der Waals surface area contributed by atoms with E-state index in [1.807, 2.05) is 38.4 Å². The molecule has 2 amide bonds. The van der Waals surface area contributed by atoms with Gasteiger partial charge in [-0.25, -0.2) is 9.67 Å². The zero-order valence-corrected chi connectivity index (χ0v) is 17.0. The molecule has 1 aromatic carbocycles. The molecule has 0 spiro atoms. The van der Waals surface area contributed by atoms with Crippen LogP contribution in [0.3, 0.4) is 0 Å². The van der Waals surface area contributed by atoms with Crippen LogP contribution in [-0.2, 0) is 4.79 Å². The molecule has 2 heterocycles. The fourth-order valence-electron chi connectivity index (χ4n) is 2.89. The van der Waals surface area contributed by atoms with Gasteiger partial charge in [-0.15, -0.1) is 0 Å².